The van der Waals surface area contributed by atoms with Crippen molar-refractivity contribution in [3.63, 3.8) is 0 Å². The molecule has 124 valence electrons. The van der Waals surface area contributed by atoms with Gasteiger partial charge in [0.2, 0.25) is 0 Å². The Hall–Kier alpha value is -1.74. The standard InChI is InChI=1S/C20H20Cl2N2/c21-17-5-3-15(4-6-17)2-1-11-24-12-9-16(10-13-24)19-14-18(22)7-8-20(19)23/h1-9,14H,10-13,23H2. The zero-order valence-corrected chi connectivity index (χ0v) is 14.9. The number of nitrogens with zero attached hydrogens (tertiary/aromatic N) is 1. The molecule has 2 nitrogen and oxygen atoms in total. The highest BCUT2D eigenvalue weighted by Gasteiger charge is 2.14. The zero-order chi connectivity index (χ0) is 16.9. The third-order valence-electron chi connectivity index (χ3n) is 4.20. The summed E-state index contributed by atoms with van der Waals surface area (Å²) in [4.78, 5) is 2.40. The Kier molecular flexibility index (Phi) is 5.62. The molecule has 0 amide bonds. The number of halogens is 2. The van der Waals surface area contributed by atoms with Crippen LogP contribution >= 0.6 is 23.2 Å². The van der Waals surface area contributed by atoms with Crippen molar-refractivity contribution in [1.29, 1.82) is 0 Å². The van der Waals surface area contributed by atoms with Crippen LogP contribution in [0.1, 0.15) is 17.5 Å². The molecule has 0 saturated carbocycles. The van der Waals surface area contributed by atoms with Gasteiger partial charge in [0.1, 0.15) is 0 Å². The summed E-state index contributed by atoms with van der Waals surface area (Å²) in [6, 6.07) is 13.5. The van der Waals surface area contributed by atoms with Crippen LogP contribution < -0.4 is 5.73 Å². The van der Waals surface area contributed by atoms with Crippen molar-refractivity contribution in [3.05, 3.63) is 75.8 Å². The topological polar surface area (TPSA) is 29.3 Å². The zero-order valence-electron chi connectivity index (χ0n) is 13.4. The van der Waals surface area contributed by atoms with Gasteiger partial charge in [-0.15, -0.1) is 0 Å². The Morgan fingerprint density at radius 1 is 1.04 bits per heavy atom. The number of hydrogen-bond donors (Lipinski definition) is 1. The van der Waals surface area contributed by atoms with Crippen molar-refractivity contribution >= 4 is 40.5 Å². The molecule has 1 aliphatic heterocycles. The lowest BCUT2D eigenvalue weighted by Gasteiger charge is -2.25. The SMILES string of the molecule is Nc1ccc(Cl)cc1C1=CCN(CC=Cc2ccc(Cl)cc2)CC1. The smallest absolute Gasteiger partial charge is 0.0413 e. The van der Waals surface area contributed by atoms with Crippen LogP contribution in [0.25, 0.3) is 11.6 Å². The maximum atomic E-state index is 6.09. The predicted molar refractivity (Wildman–Crippen MR) is 105 cm³/mol. The summed E-state index contributed by atoms with van der Waals surface area (Å²) in [5.41, 5.74) is 10.4. The lowest BCUT2D eigenvalue weighted by Crippen LogP contribution is -2.28. The maximum Gasteiger partial charge on any atom is 0.0413 e. The van der Waals surface area contributed by atoms with E-state index in [1.807, 2.05) is 42.5 Å². The second-order valence-corrected chi connectivity index (χ2v) is 6.80. The van der Waals surface area contributed by atoms with E-state index in [0.29, 0.717) is 0 Å². The lowest BCUT2D eigenvalue weighted by molar-refractivity contribution is 0.335. The van der Waals surface area contributed by atoms with E-state index in [1.54, 1.807) is 0 Å². The average molecular weight is 359 g/mol. The fraction of sp³-hybridized carbons (Fsp3) is 0.200. The number of nitrogen functional groups attached to an aromatic ring is 1. The van der Waals surface area contributed by atoms with Crippen LogP contribution in [0.5, 0.6) is 0 Å². The molecule has 0 saturated heterocycles. The van der Waals surface area contributed by atoms with E-state index in [9.17, 15) is 0 Å². The van der Waals surface area contributed by atoms with Gasteiger partial charge in [-0.25, -0.2) is 0 Å². The first-order valence-electron chi connectivity index (χ1n) is 8.01. The second kappa shape index (κ2) is 7.89. The number of hydrogen-bond acceptors (Lipinski definition) is 2. The summed E-state index contributed by atoms with van der Waals surface area (Å²) in [5.74, 6) is 0. The van der Waals surface area contributed by atoms with E-state index < -0.39 is 0 Å². The maximum absolute atomic E-state index is 6.09. The molecule has 0 unspecified atom stereocenters. The van der Waals surface area contributed by atoms with E-state index in [4.69, 9.17) is 28.9 Å². The van der Waals surface area contributed by atoms with Gasteiger partial charge in [-0.1, -0.05) is 53.6 Å². The molecule has 2 aromatic rings. The van der Waals surface area contributed by atoms with Gasteiger partial charge in [0, 0.05) is 40.9 Å². The van der Waals surface area contributed by atoms with E-state index in [0.717, 1.165) is 47.4 Å². The van der Waals surface area contributed by atoms with Gasteiger partial charge in [-0.2, -0.15) is 0 Å². The molecule has 0 radical (unpaired) electrons. The Labute approximate surface area is 153 Å². The van der Waals surface area contributed by atoms with Gasteiger partial charge in [0.05, 0.1) is 0 Å². The molecule has 0 fully saturated rings. The third kappa shape index (κ3) is 4.41. The molecule has 1 heterocycles. The van der Waals surface area contributed by atoms with E-state index >= 15 is 0 Å². The third-order valence-corrected chi connectivity index (χ3v) is 4.69. The summed E-state index contributed by atoms with van der Waals surface area (Å²) in [6.07, 6.45) is 7.56. The van der Waals surface area contributed by atoms with Crippen molar-refractivity contribution in [2.45, 2.75) is 6.42 Å². The minimum absolute atomic E-state index is 0.730. The Morgan fingerprint density at radius 3 is 2.50 bits per heavy atom. The Balaban J connectivity index is 1.59. The van der Waals surface area contributed by atoms with Gasteiger partial charge in [0.25, 0.3) is 0 Å². The summed E-state index contributed by atoms with van der Waals surface area (Å²) in [5, 5.41) is 1.49. The summed E-state index contributed by atoms with van der Waals surface area (Å²) in [6.45, 7) is 2.87. The van der Waals surface area contributed by atoms with E-state index in [1.165, 1.54) is 11.1 Å². The van der Waals surface area contributed by atoms with Gasteiger partial charge >= 0.3 is 0 Å². The minimum atomic E-state index is 0.730. The highest BCUT2D eigenvalue weighted by Crippen LogP contribution is 2.29. The molecular weight excluding hydrogens is 339 g/mol. The largest absolute Gasteiger partial charge is 0.398 e. The molecule has 0 aromatic heterocycles. The van der Waals surface area contributed by atoms with Gasteiger partial charge in [0.15, 0.2) is 0 Å². The van der Waals surface area contributed by atoms with Crippen LogP contribution in [0.15, 0.2) is 54.6 Å². The fourth-order valence-corrected chi connectivity index (χ4v) is 3.14. The van der Waals surface area contributed by atoms with Gasteiger partial charge in [-0.05, 0) is 47.9 Å². The van der Waals surface area contributed by atoms with Crippen molar-refractivity contribution in [1.82, 2.24) is 4.90 Å². The molecule has 2 aromatic carbocycles. The van der Waals surface area contributed by atoms with Gasteiger partial charge in [-0.3, -0.25) is 4.90 Å². The van der Waals surface area contributed by atoms with Crippen LogP contribution in [-0.4, -0.2) is 24.5 Å². The highest BCUT2D eigenvalue weighted by molar-refractivity contribution is 6.31. The molecule has 0 atom stereocenters. The average Bonchev–Trinajstić information content (AvgIpc) is 2.59. The van der Waals surface area contributed by atoms with E-state index in [2.05, 4.69) is 23.1 Å². The first-order chi connectivity index (χ1) is 11.6. The van der Waals surface area contributed by atoms with Crippen molar-refractivity contribution in [3.8, 4) is 0 Å². The van der Waals surface area contributed by atoms with Crippen molar-refractivity contribution in [2.75, 3.05) is 25.4 Å². The van der Waals surface area contributed by atoms with Crippen LogP contribution in [0.3, 0.4) is 0 Å². The fourth-order valence-electron chi connectivity index (χ4n) is 2.84. The quantitative estimate of drug-likeness (QED) is 0.743. The molecule has 3 rings (SSSR count). The van der Waals surface area contributed by atoms with Gasteiger partial charge < -0.3 is 5.73 Å². The molecule has 1 aliphatic rings. The molecule has 2 N–H and O–H groups in total. The number of benzene rings is 2. The van der Waals surface area contributed by atoms with Crippen molar-refractivity contribution < 1.29 is 0 Å². The molecule has 4 heteroatoms. The first-order valence-corrected chi connectivity index (χ1v) is 8.76. The minimum Gasteiger partial charge on any atom is -0.398 e. The Morgan fingerprint density at radius 2 is 1.79 bits per heavy atom. The molecule has 0 aliphatic carbocycles. The van der Waals surface area contributed by atoms with Crippen LogP contribution in [-0.2, 0) is 0 Å². The van der Waals surface area contributed by atoms with Crippen LogP contribution in [0, 0.1) is 0 Å². The summed E-state index contributed by atoms with van der Waals surface area (Å²) >= 11 is 12.0. The monoisotopic (exact) mass is 358 g/mol. The number of nitrogens with two attached hydrogens (primary N) is 1. The summed E-state index contributed by atoms with van der Waals surface area (Å²) < 4.78 is 0. The second-order valence-electron chi connectivity index (χ2n) is 5.92. The number of anilines is 1. The van der Waals surface area contributed by atoms with E-state index in [-0.39, 0.29) is 0 Å². The van der Waals surface area contributed by atoms with Crippen LogP contribution in [0.4, 0.5) is 5.69 Å². The normalized spacial score (nSPS) is 15.7. The molecule has 24 heavy (non-hydrogen) atoms. The molecule has 0 spiro atoms. The molecular formula is C20H20Cl2N2. The summed E-state index contributed by atoms with van der Waals surface area (Å²) in [7, 11) is 0. The van der Waals surface area contributed by atoms with Crippen LogP contribution in [0.2, 0.25) is 10.0 Å². The highest BCUT2D eigenvalue weighted by atomic mass is 35.5. The predicted octanol–water partition coefficient (Wildman–Crippen LogP) is 5.38. The lowest BCUT2D eigenvalue weighted by atomic mass is 9.98. The van der Waals surface area contributed by atoms with Crippen molar-refractivity contribution in [2.24, 2.45) is 0 Å². The number of rotatable bonds is 4. The first kappa shape index (κ1) is 17.1. The Bertz CT molecular complexity index is 764. The molecule has 0 bridgehead atoms.